The van der Waals surface area contributed by atoms with Gasteiger partial charge in [-0.05, 0) is 30.3 Å². The summed E-state index contributed by atoms with van der Waals surface area (Å²) in [7, 11) is -3.62. The van der Waals surface area contributed by atoms with E-state index in [0.717, 1.165) is 6.26 Å². The lowest BCUT2D eigenvalue weighted by molar-refractivity contribution is 0.0706. The summed E-state index contributed by atoms with van der Waals surface area (Å²) in [5.41, 5.74) is 2.79. The van der Waals surface area contributed by atoms with Gasteiger partial charge in [0.1, 0.15) is 0 Å². The predicted molar refractivity (Wildman–Crippen MR) is 116 cm³/mol. The quantitative estimate of drug-likeness (QED) is 0.377. The van der Waals surface area contributed by atoms with E-state index in [4.69, 9.17) is 28.4 Å². The topological polar surface area (TPSA) is 125 Å². The smallest absolute Gasteiger partial charge is 0.276 e. The molecule has 1 aromatic heterocycles. The van der Waals surface area contributed by atoms with E-state index in [1.54, 1.807) is 18.2 Å². The van der Waals surface area contributed by atoms with Crippen molar-refractivity contribution in [1.82, 2.24) is 10.5 Å². The molecule has 0 saturated carbocycles. The van der Waals surface area contributed by atoms with Crippen LogP contribution in [0.3, 0.4) is 0 Å². The van der Waals surface area contributed by atoms with Gasteiger partial charge in [0, 0.05) is 18.0 Å². The maximum Gasteiger partial charge on any atom is 0.276 e. The Morgan fingerprint density at radius 3 is 2.29 bits per heavy atom. The van der Waals surface area contributed by atoms with E-state index >= 15 is 0 Å². The summed E-state index contributed by atoms with van der Waals surface area (Å²) >= 11 is 12.6. The SMILES string of the molecule is CS(=O)(=O)c1cccc(C(=O)Nc2cccc(-c3ccc(C(=O)NO)cn3)c2Cl)c1Cl. The summed E-state index contributed by atoms with van der Waals surface area (Å²) in [5, 5.41) is 11.3. The molecule has 11 heteroatoms. The van der Waals surface area contributed by atoms with Crippen molar-refractivity contribution in [2.45, 2.75) is 4.90 Å². The Kier molecular flexibility index (Phi) is 6.61. The number of anilines is 1. The van der Waals surface area contributed by atoms with Gasteiger partial charge in [-0.25, -0.2) is 13.9 Å². The summed E-state index contributed by atoms with van der Waals surface area (Å²) in [6.07, 6.45) is 2.26. The zero-order chi connectivity index (χ0) is 22.8. The number of nitrogens with one attached hydrogen (secondary N) is 2. The Morgan fingerprint density at radius 1 is 0.968 bits per heavy atom. The van der Waals surface area contributed by atoms with Crippen LogP contribution in [0, 0.1) is 0 Å². The maximum absolute atomic E-state index is 12.7. The van der Waals surface area contributed by atoms with Crippen molar-refractivity contribution >= 4 is 50.5 Å². The van der Waals surface area contributed by atoms with Gasteiger partial charge in [0.25, 0.3) is 11.8 Å². The van der Waals surface area contributed by atoms with Gasteiger partial charge in [-0.2, -0.15) is 0 Å². The Hall–Kier alpha value is -2.98. The van der Waals surface area contributed by atoms with Crippen molar-refractivity contribution in [3.8, 4) is 11.3 Å². The average Bonchev–Trinajstić information content (AvgIpc) is 2.74. The minimum absolute atomic E-state index is 0.0245. The molecule has 0 aliphatic rings. The molecule has 3 rings (SSSR count). The number of benzene rings is 2. The Balaban J connectivity index is 1.93. The second-order valence-corrected chi connectivity index (χ2v) is 9.12. The molecule has 0 bridgehead atoms. The third-order valence-corrected chi connectivity index (χ3v) is 6.32. The summed E-state index contributed by atoms with van der Waals surface area (Å²) in [4.78, 5) is 28.2. The Labute approximate surface area is 187 Å². The zero-order valence-electron chi connectivity index (χ0n) is 15.9. The van der Waals surface area contributed by atoms with Crippen molar-refractivity contribution < 1.29 is 23.2 Å². The maximum atomic E-state index is 12.7. The minimum atomic E-state index is -3.62. The molecule has 0 atom stereocenters. The van der Waals surface area contributed by atoms with Gasteiger partial charge < -0.3 is 5.32 Å². The summed E-state index contributed by atoms with van der Waals surface area (Å²) in [5.74, 6) is -1.35. The monoisotopic (exact) mass is 479 g/mol. The number of rotatable bonds is 5. The van der Waals surface area contributed by atoms with Crippen LogP contribution < -0.4 is 10.8 Å². The van der Waals surface area contributed by atoms with E-state index in [-0.39, 0.29) is 31.8 Å². The van der Waals surface area contributed by atoms with E-state index in [2.05, 4.69) is 10.3 Å². The molecule has 0 unspecified atom stereocenters. The second kappa shape index (κ2) is 9.03. The predicted octanol–water partition coefficient (Wildman–Crippen LogP) is 3.83. The third-order valence-electron chi connectivity index (χ3n) is 4.26. The number of carbonyl (C=O) groups is 2. The van der Waals surface area contributed by atoms with Crippen LogP contribution in [0.1, 0.15) is 20.7 Å². The highest BCUT2D eigenvalue weighted by molar-refractivity contribution is 7.90. The van der Waals surface area contributed by atoms with Crippen LogP contribution >= 0.6 is 23.2 Å². The number of hydrogen-bond donors (Lipinski definition) is 3. The van der Waals surface area contributed by atoms with Crippen molar-refractivity contribution in [3.05, 3.63) is 75.9 Å². The highest BCUT2D eigenvalue weighted by Gasteiger charge is 2.20. The van der Waals surface area contributed by atoms with Gasteiger partial charge in [0.2, 0.25) is 0 Å². The number of carbonyl (C=O) groups excluding carboxylic acids is 2. The van der Waals surface area contributed by atoms with E-state index in [9.17, 15) is 18.0 Å². The summed E-state index contributed by atoms with van der Waals surface area (Å²) < 4.78 is 23.7. The van der Waals surface area contributed by atoms with Crippen LogP contribution in [0.15, 0.2) is 59.6 Å². The number of hydrogen-bond acceptors (Lipinski definition) is 6. The molecule has 3 aromatic rings. The highest BCUT2D eigenvalue weighted by Crippen LogP contribution is 2.34. The van der Waals surface area contributed by atoms with Crippen molar-refractivity contribution in [1.29, 1.82) is 0 Å². The molecule has 0 spiro atoms. The number of sulfone groups is 1. The molecule has 160 valence electrons. The number of aromatic nitrogens is 1. The van der Waals surface area contributed by atoms with Crippen LogP contribution in [0.2, 0.25) is 10.0 Å². The fourth-order valence-electron chi connectivity index (χ4n) is 2.74. The third kappa shape index (κ3) is 4.86. The molecular formula is C20H15Cl2N3O5S. The number of hydroxylamine groups is 1. The van der Waals surface area contributed by atoms with E-state index in [1.807, 2.05) is 0 Å². The first-order valence-corrected chi connectivity index (χ1v) is 11.3. The zero-order valence-corrected chi connectivity index (χ0v) is 18.2. The molecular weight excluding hydrogens is 465 g/mol. The summed E-state index contributed by atoms with van der Waals surface area (Å²) in [6, 6.07) is 12.0. The fraction of sp³-hybridized carbons (Fsp3) is 0.0500. The van der Waals surface area contributed by atoms with Crippen molar-refractivity contribution in [2.75, 3.05) is 11.6 Å². The first-order valence-electron chi connectivity index (χ1n) is 8.62. The Morgan fingerprint density at radius 2 is 1.68 bits per heavy atom. The largest absolute Gasteiger partial charge is 0.321 e. The fourth-order valence-corrected chi connectivity index (χ4v) is 4.40. The first-order chi connectivity index (χ1) is 14.6. The van der Waals surface area contributed by atoms with E-state index < -0.39 is 21.7 Å². The van der Waals surface area contributed by atoms with Gasteiger partial charge in [-0.15, -0.1) is 0 Å². The van der Waals surface area contributed by atoms with Gasteiger partial charge >= 0.3 is 0 Å². The lowest BCUT2D eigenvalue weighted by atomic mass is 10.1. The first kappa shape index (κ1) is 22.7. The molecule has 2 aromatic carbocycles. The highest BCUT2D eigenvalue weighted by atomic mass is 35.5. The van der Waals surface area contributed by atoms with Gasteiger partial charge in [0.05, 0.1) is 37.4 Å². The molecule has 0 aliphatic carbocycles. The summed E-state index contributed by atoms with van der Waals surface area (Å²) in [6.45, 7) is 0. The molecule has 2 amide bonds. The van der Waals surface area contributed by atoms with Crippen molar-refractivity contribution in [3.63, 3.8) is 0 Å². The Bertz CT molecular complexity index is 1280. The molecule has 8 nitrogen and oxygen atoms in total. The molecule has 0 aliphatic heterocycles. The molecule has 0 saturated heterocycles. The molecule has 0 radical (unpaired) electrons. The average molecular weight is 480 g/mol. The number of halogens is 2. The lowest BCUT2D eigenvalue weighted by Crippen LogP contribution is -2.18. The lowest BCUT2D eigenvalue weighted by Gasteiger charge is -2.12. The van der Waals surface area contributed by atoms with Crippen molar-refractivity contribution in [2.24, 2.45) is 0 Å². The van der Waals surface area contributed by atoms with E-state index in [0.29, 0.717) is 11.3 Å². The van der Waals surface area contributed by atoms with Gasteiger partial charge in [0.15, 0.2) is 9.84 Å². The van der Waals surface area contributed by atoms with Gasteiger partial charge in [-0.1, -0.05) is 41.4 Å². The van der Waals surface area contributed by atoms with Crippen LogP contribution in [0.25, 0.3) is 11.3 Å². The standard InChI is InChI=1S/C20H15Cl2N3O5S/c1-31(29,30)16-7-3-5-13(18(16)22)20(27)24-15-6-2-4-12(17(15)21)14-9-8-11(10-23-14)19(26)25-28/h2-10,28H,1H3,(H,24,27)(H,25,26). The number of nitrogens with zero attached hydrogens (tertiary/aromatic N) is 1. The van der Waals surface area contributed by atoms with E-state index in [1.165, 1.54) is 42.0 Å². The molecule has 3 N–H and O–H groups in total. The van der Waals surface area contributed by atoms with Crippen LogP contribution in [0.4, 0.5) is 5.69 Å². The molecule has 31 heavy (non-hydrogen) atoms. The van der Waals surface area contributed by atoms with Crippen LogP contribution in [-0.2, 0) is 9.84 Å². The number of pyridine rings is 1. The molecule has 0 fully saturated rings. The van der Waals surface area contributed by atoms with Crippen LogP contribution in [0.5, 0.6) is 0 Å². The molecule has 1 heterocycles. The normalized spacial score (nSPS) is 11.1. The van der Waals surface area contributed by atoms with Gasteiger partial charge in [-0.3, -0.25) is 19.8 Å². The number of amides is 2. The second-order valence-electron chi connectivity index (χ2n) is 6.38. The van der Waals surface area contributed by atoms with Crippen LogP contribution in [-0.4, -0.2) is 36.7 Å². The minimum Gasteiger partial charge on any atom is -0.321 e.